The minimum atomic E-state index is -4.53. The van der Waals surface area contributed by atoms with Crippen LogP contribution in [-0.2, 0) is 12.6 Å². The van der Waals surface area contributed by atoms with E-state index in [0.717, 1.165) is 30.9 Å². The Labute approximate surface area is 198 Å². The first-order chi connectivity index (χ1) is 16.7. The molecular weight excluding hydrogens is 469 g/mol. The number of piperidine rings is 1. The molecule has 0 bridgehead atoms. The Morgan fingerprint density at radius 1 is 1.06 bits per heavy atom. The topological polar surface area (TPSA) is 71.9 Å². The van der Waals surface area contributed by atoms with Crippen LogP contribution in [0.1, 0.15) is 47.9 Å². The molecule has 2 aromatic heterocycles. The van der Waals surface area contributed by atoms with Crippen LogP contribution in [0.3, 0.4) is 0 Å². The molecule has 0 saturated carbocycles. The predicted octanol–water partition coefficient (Wildman–Crippen LogP) is 5.10. The number of carbonyl (C=O) groups excluding carboxylic acids is 1. The Morgan fingerprint density at radius 2 is 1.71 bits per heavy atom. The molecule has 1 aromatic carbocycles. The van der Waals surface area contributed by atoms with Crippen LogP contribution >= 0.6 is 0 Å². The number of alkyl halides is 3. The predicted molar refractivity (Wildman–Crippen MR) is 116 cm³/mol. The van der Waals surface area contributed by atoms with Gasteiger partial charge in [0, 0.05) is 43.8 Å². The number of hydrogen-bond acceptors (Lipinski definition) is 5. The Morgan fingerprint density at radius 3 is 2.37 bits per heavy atom. The van der Waals surface area contributed by atoms with E-state index in [0.29, 0.717) is 19.4 Å². The molecule has 2 atom stereocenters. The van der Waals surface area contributed by atoms with Crippen molar-refractivity contribution in [3.63, 3.8) is 0 Å². The summed E-state index contributed by atoms with van der Waals surface area (Å²) < 4.78 is 68.1. The maximum atomic E-state index is 14.9. The van der Waals surface area contributed by atoms with E-state index in [4.69, 9.17) is 0 Å². The maximum absolute atomic E-state index is 14.9. The normalized spacial score (nSPS) is 18.5. The molecule has 1 saturated heterocycles. The number of benzene rings is 1. The van der Waals surface area contributed by atoms with Gasteiger partial charge in [-0.25, -0.2) is 28.7 Å². The molecule has 0 unspecified atom stereocenters. The van der Waals surface area contributed by atoms with Crippen LogP contribution < -0.4 is 0 Å². The van der Waals surface area contributed by atoms with Crippen molar-refractivity contribution in [2.45, 2.75) is 44.8 Å². The van der Waals surface area contributed by atoms with Gasteiger partial charge in [-0.1, -0.05) is 6.92 Å². The fourth-order valence-corrected chi connectivity index (χ4v) is 4.40. The van der Waals surface area contributed by atoms with E-state index in [1.165, 1.54) is 23.4 Å². The van der Waals surface area contributed by atoms with Crippen LogP contribution in [0, 0.1) is 17.6 Å². The molecule has 3 heterocycles. The zero-order chi connectivity index (χ0) is 25.2. The summed E-state index contributed by atoms with van der Waals surface area (Å²) in [6.07, 6.45) is 1.72. The zero-order valence-electron chi connectivity index (χ0n) is 18.8. The third kappa shape index (κ3) is 5.28. The van der Waals surface area contributed by atoms with Crippen LogP contribution in [0.2, 0.25) is 0 Å². The van der Waals surface area contributed by atoms with Crippen molar-refractivity contribution >= 4 is 5.91 Å². The molecule has 1 fully saturated rings. The van der Waals surface area contributed by atoms with Crippen molar-refractivity contribution in [1.29, 1.82) is 0 Å². The van der Waals surface area contributed by atoms with Crippen molar-refractivity contribution in [1.82, 2.24) is 24.8 Å². The maximum Gasteiger partial charge on any atom is 0.419 e. The van der Waals surface area contributed by atoms with E-state index in [2.05, 4.69) is 19.9 Å². The molecule has 35 heavy (non-hydrogen) atoms. The Balaban J connectivity index is 1.61. The smallest absolute Gasteiger partial charge is 0.335 e. The second kappa shape index (κ2) is 10.0. The van der Waals surface area contributed by atoms with E-state index in [-0.39, 0.29) is 35.6 Å². The van der Waals surface area contributed by atoms with Crippen molar-refractivity contribution in [2.24, 2.45) is 5.92 Å². The Hall–Kier alpha value is -3.50. The highest BCUT2D eigenvalue weighted by Crippen LogP contribution is 2.33. The van der Waals surface area contributed by atoms with Crippen molar-refractivity contribution < 1.29 is 26.7 Å². The molecule has 1 aliphatic heterocycles. The Bertz CT molecular complexity index is 1190. The molecule has 184 valence electrons. The van der Waals surface area contributed by atoms with Gasteiger partial charge in [0.05, 0.1) is 16.7 Å². The van der Waals surface area contributed by atoms with Crippen molar-refractivity contribution in [2.75, 3.05) is 6.54 Å². The average molecular weight is 491 g/mol. The van der Waals surface area contributed by atoms with Gasteiger partial charge in [0.25, 0.3) is 5.91 Å². The van der Waals surface area contributed by atoms with E-state index in [1.807, 2.05) is 6.92 Å². The van der Waals surface area contributed by atoms with Crippen molar-refractivity contribution in [3.05, 3.63) is 71.6 Å². The molecule has 0 radical (unpaired) electrons. The highest BCUT2D eigenvalue weighted by atomic mass is 19.4. The standard InChI is InChI=1S/C24H22F5N5O/c1-14-4-2-11-34(18(14)7-8-19-32-12-15(13-33-19)24(27,28)29)23(35)21-17(26)6-5-16(25)20(21)22-30-9-3-10-31-22/h3,5-6,9-10,12-14,18H,2,4,7-8,11H2,1H3/t14-,18-/m1/s1. The summed E-state index contributed by atoms with van der Waals surface area (Å²) in [6, 6.07) is 2.98. The van der Waals surface area contributed by atoms with Crippen LogP contribution in [0.4, 0.5) is 22.0 Å². The largest absolute Gasteiger partial charge is 0.419 e. The summed E-state index contributed by atoms with van der Waals surface area (Å²) in [5, 5.41) is 0. The van der Waals surface area contributed by atoms with Gasteiger partial charge in [-0.3, -0.25) is 4.79 Å². The third-order valence-electron chi connectivity index (χ3n) is 6.18. The minimum absolute atomic E-state index is 0.0233. The molecule has 6 nitrogen and oxygen atoms in total. The lowest BCUT2D eigenvalue weighted by Gasteiger charge is -2.40. The van der Waals surface area contributed by atoms with Gasteiger partial charge < -0.3 is 4.90 Å². The van der Waals surface area contributed by atoms with Gasteiger partial charge in [-0.15, -0.1) is 0 Å². The number of halogens is 5. The fraction of sp³-hybridized carbons (Fsp3) is 0.375. The highest BCUT2D eigenvalue weighted by Gasteiger charge is 2.36. The van der Waals surface area contributed by atoms with Crippen LogP contribution in [0.25, 0.3) is 11.4 Å². The number of rotatable bonds is 5. The number of amides is 1. The molecule has 0 spiro atoms. The lowest BCUT2D eigenvalue weighted by molar-refractivity contribution is -0.138. The summed E-state index contributed by atoms with van der Waals surface area (Å²) in [7, 11) is 0. The van der Waals surface area contributed by atoms with Crippen molar-refractivity contribution in [3.8, 4) is 11.4 Å². The first kappa shape index (κ1) is 24.6. The number of carbonyl (C=O) groups is 1. The SMILES string of the molecule is C[C@@H]1CCCN(C(=O)c2c(F)ccc(F)c2-c2ncccn2)[C@@H]1CCc1ncc(C(F)(F)F)cn1. The van der Waals surface area contributed by atoms with E-state index in [1.54, 1.807) is 0 Å². The molecule has 11 heteroatoms. The van der Waals surface area contributed by atoms with Gasteiger partial charge in [0.2, 0.25) is 0 Å². The number of hydrogen-bond donors (Lipinski definition) is 0. The quantitative estimate of drug-likeness (QED) is 0.464. The zero-order valence-corrected chi connectivity index (χ0v) is 18.8. The molecule has 0 N–H and O–H groups in total. The lowest BCUT2D eigenvalue weighted by atomic mass is 9.87. The molecule has 4 rings (SSSR count). The van der Waals surface area contributed by atoms with Crippen LogP contribution in [-0.4, -0.2) is 43.3 Å². The van der Waals surface area contributed by atoms with Gasteiger partial charge in [-0.05, 0) is 43.4 Å². The monoisotopic (exact) mass is 491 g/mol. The fourth-order valence-electron chi connectivity index (χ4n) is 4.40. The second-order valence-electron chi connectivity index (χ2n) is 8.46. The summed E-state index contributed by atoms with van der Waals surface area (Å²) in [4.78, 5) is 30.7. The molecular formula is C24H22F5N5O. The number of aromatic nitrogens is 4. The Kier molecular flexibility index (Phi) is 7.04. The lowest BCUT2D eigenvalue weighted by Crippen LogP contribution is -2.48. The van der Waals surface area contributed by atoms with E-state index >= 15 is 0 Å². The third-order valence-corrected chi connectivity index (χ3v) is 6.18. The summed E-state index contributed by atoms with van der Waals surface area (Å²) in [5.41, 5.74) is -1.69. The average Bonchev–Trinajstić information content (AvgIpc) is 2.84. The van der Waals surface area contributed by atoms with E-state index < -0.39 is 34.8 Å². The van der Waals surface area contributed by atoms with Gasteiger partial charge >= 0.3 is 6.18 Å². The summed E-state index contributed by atoms with van der Waals surface area (Å²) >= 11 is 0. The van der Waals surface area contributed by atoms with Crippen LogP contribution in [0.15, 0.2) is 43.0 Å². The van der Waals surface area contributed by atoms with Gasteiger partial charge in [0.1, 0.15) is 17.5 Å². The van der Waals surface area contributed by atoms with E-state index in [9.17, 15) is 26.7 Å². The highest BCUT2D eigenvalue weighted by molar-refractivity contribution is 6.00. The summed E-state index contributed by atoms with van der Waals surface area (Å²) in [5.74, 6) is -2.27. The number of likely N-dealkylation sites (tertiary alicyclic amines) is 1. The first-order valence-electron chi connectivity index (χ1n) is 11.1. The molecule has 1 aliphatic rings. The van der Waals surface area contributed by atoms with Crippen LogP contribution in [0.5, 0.6) is 0 Å². The minimum Gasteiger partial charge on any atom is -0.335 e. The molecule has 3 aromatic rings. The number of aryl methyl sites for hydroxylation is 1. The van der Waals surface area contributed by atoms with Gasteiger partial charge in [0.15, 0.2) is 5.82 Å². The first-order valence-corrected chi connectivity index (χ1v) is 11.1. The summed E-state index contributed by atoms with van der Waals surface area (Å²) in [6.45, 7) is 2.27. The number of nitrogens with zero attached hydrogens (tertiary/aromatic N) is 5. The second-order valence-corrected chi connectivity index (χ2v) is 8.46. The van der Waals surface area contributed by atoms with Gasteiger partial charge in [-0.2, -0.15) is 13.2 Å². The molecule has 1 amide bonds. The molecule has 0 aliphatic carbocycles.